The molecular formula is C4H8OTi+2. The predicted octanol–water partition coefficient (Wildman–Crippen LogP) is 0.108. The molecule has 2 heteroatoms. The minimum absolute atomic E-state index is 0.294. The van der Waals surface area contributed by atoms with Crippen LogP contribution in [0.5, 0.6) is 0 Å². The molecule has 32 valence electrons. The summed E-state index contributed by atoms with van der Waals surface area (Å²) in [5.74, 6) is 0. The van der Waals surface area contributed by atoms with Gasteiger partial charge in [0.05, 0.1) is 0 Å². The van der Waals surface area contributed by atoms with E-state index < -0.39 is 0 Å². The molecule has 0 rings (SSSR count). The summed E-state index contributed by atoms with van der Waals surface area (Å²) in [7, 11) is 0. The van der Waals surface area contributed by atoms with Crippen molar-refractivity contribution in [3.05, 3.63) is 0 Å². The maximum absolute atomic E-state index is 8.22. The molecule has 0 aromatic heterocycles. The zero-order valence-corrected chi connectivity index (χ0v) is 5.42. The van der Waals surface area contributed by atoms with Gasteiger partial charge >= 0.3 is 48.8 Å². The van der Waals surface area contributed by atoms with Gasteiger partial charge in [0.15, 0.2) is 0 Å². The van der Waals surface area contributed by atoms with Crippen LogP contribution in [0.25, 0.3) is 0 Å². The SMILES string of the molecule is C[C](=[Ti+2])CCO. The Kier molecular flexibility index (Phi) is 4.06. The van der Waals surface area contributed by atoms with Crippen molar-refractivity contribution >= 4 is 3.81 Å². The average molecular weight is 120 g/mol. The molecule has 0 atom stereocenters. The Hall–Kier alpha value is 0.544. The van der Waals surface area contributed by atoms with E-state index in [0.29, 0.717) is 6.61 Å². The van der Waals surface area contributed by atoms with Gasteiger partial charge < -0.3 is 0 Å². The van der Waals surface area contributed by atoms with Gasteiger partial charge in [0.2, 0.25) is 0 Å². The molecule has 0 radical (unpaired) electrons. The second kappa shape index (κ2) is 3.72. The molecule has 0 saturated heterocycles. The van der Waals surface area contributed by atoms with Gasteiger partial charge in [-0.2, -0.15) is 0 Å². The Balaban J connectivity index is 2.83. The fourth-order valence-corrected chi connectivity index (χ4v) is 0.342. The molecular weight excluding hydrogens is 112 g/mol. The minimum atomic E-state index is 0.294. The average Bonchev–Trinajstić information content (AvgIpc) is 1.35. The second-order valence-electron chi connectivity index (χ2n) is 1.25. The summed E-state index contributed by atoms with van der Waals surface area (Å²) in [6, 6.07) is 0. The fourth-order valence-electron chi connectivity index (χ4n) is 0.168. The number of hydrogen-bond donors (Lipinski definition) is 1. The van der Waals surface area contributed by atoms with Crippen LogP contribution in [0, 0.1) is 0 Å². The van der Waals surface area contributed by atoms with Crippen molar-refractivity contribution < 1.29 is 25.1 Å². The quantitative estimate of drug-likeness (QED) is 0.512. The Morgan fingerprint density at radius 2 is 2.33 bits per heavy atom. The molecule has 0 amide bonds. The van der Waals surface area contributed by atoms with E-state index in [0.717, 1.165) is 6.42 Å². The normalized spacial score (nSPS) is 8.67. The van der Waals surface area contributed by atoms with Crippen molar-refractivity contribution in [2.45, 2.75) is 13.3 Å². The number of aliphatic hydroxyl groups excluding tert-OH is 1. The summed E-state index contributed by atoms with van der Waals surface area (Å²) in [6.07, 6.45) is 0.847. The van der Waals surface area contributed by atoms with Crippen LogP contribution in [0.3, 0.4) is 0 Å². The van der Waals surface area contributed by atoms with Crippen molar-refractivity contribution in [3.8, 4) is 0 Å². The summed E-state index contributed by atoms with van der Waals surface area (Å²) < 4.78 is 1.29. The van der Waals surface area contributed by atoms with Gasteiger partial charge in [0.25, 0.3) is 0 Å². The summed E-state index contributed by atoms with van der Waals surface area (Å²) in [6.45, 7) is 2.30. The first-order valence-corrected chi connectivity index (χ1v) is 2.70. The summed E-state index contributed by atoms with van der Waals surface area (Å²) in [5.41, 5.74) is 0. The molecule has 0 aliphatic carbocycles. The third-order valence-corrected chi connectivity index (χ3v) is 0.877. The molecule has 0 spiro atoms. The summed E-state index contributed by atoms with van der Waals surface area (Å²) in [4.78, 5) is 0. The van der Waals surface area contributed by atoms with E-state index in [4.69, 9.17) is 5.11 Å². The molecule has 0 aromatic rings. The van der Waals surface area contributed by atoms with Crippen LogP contribution < -0.4 is 0 Å². The first-order valence-electron chi connectivity index (χ1n) is 1.92. The molecule has 0 aromatic carbocycles. The van der Waals surface area contributed by atoms with Gasteiger partial charge in [-0.25, -0.2) is 0 Å². The van der Waals surface area contributed by atoms with E-state index in [2.05, 4.69) is 0 Å². The molecule has 0 aliphatic rings. The van der Waals surface area contributed by atoms with Gasteiger partial charge in [0, 0.05) is 0 Å². The van der Waals surface area contributed by atoms with Crippen LogP contribution in [-0.4, -0.2) is 15.5 Å². The zero-order valence-electron chi connectivity index (χ0n) is 3.86. The Labute approximate surface area is 49.3 Å². The van der Waals surface area contributed by atoms with E-state index in [1.807, 2.05) is 26.9 Å². The second-order valence-corrected chi connectivity index (χ2v) is 2.59. The fraction of sp³-hybridized carbons (Fsp3) is 0.750. The van der Waals surface area contributed by atoms with E-state index >= 15 is 0 Å². The summed E-state index contributed by atoms with van der Waals surface area (Å²) in [5, 5.41) is 8.22. The van der Waals surface area contributed by atoms with Gasteiger partial charge in [0.1, 0.15) is 0 Å². The Morgan fingerprint density at radius 3 is 2.33 bits per heavy atom. The van der Waals surface area contributed by atoms with E-state index in [-0.39, 0.29) is 0 Å². The van der Waals surface area contributed by atoms with Crippen LogP contribution in [-0.2, 0) is 20.0 Å². The monoisotopic (exact) mass is 120 g/mol. The molecule has 0 aliphatic heterocycles. The molecule has 1 N–H and O–H groups in total. The molecule has 6 heavy (non-hydrogen) atoms. The maximum atomic E-state index is 8.22. The molecule has 0 fully saturated rings. The third kappa shape index (κ3) is 4.54. The standard InChI is InChI=1S/C4H8O.Ti/c1-2-3-4-5;/h5H,3-4H2,1H3;/q;+2. The predicted molar refractivity (Wildman–Crippen MR) is 22.4 cm³/mol. The van der Waals surface area contributed by atoms with Crippen LogP contribution in [0.1, 0.15) is 13.3 Å². The topological polar surface area (TPSA) is 20.2 Å². The first kappa shape index (κ1) is 6.54. The van der Waals surface area contributed by atoms with Crippen molar-refractivity contribution in [1.82, 2.24) is 0 Å². The zero-order chi connectivity index (χ0) is 4.99. The molecule has 0 heterocycles. The summed E-state index contributed by atoms with van der Waals surface area (Å²) >= 11 is 2.01. The van der Waals surface area contributed by atoms with Gasteiger partial charge in [-0.1, -0.05) is 0 Å². The van der Waals surface area contributed by atoms with E-state index in [1.54, 1.807) is 0 Å². The van der Waals surface area contributed by atoms with Gasteiger partial charge in [-0.3, -0.25) is 0 Å². The Bertz CT molecular complexity index is 51.5. The van der Waals surface area contributed by atoms with E-state index in [9.17, 15) is 0 Å². The van der Waals surface area contributed by atoms with E-state index in [1.165, 1.54) is 3.81 Å². The van der Waals surface area contributed by atoms with Crippen molar-refractivity contribution in [2.75, 3.05) is 6.61 Å². The molecule has 1 nitrogen and oxygen atoms in total. The molecule has 0 bridgehead atoms. The van der Waals surface area contributed by atoms with Crippen molar-refractivity contribution in [3.63, 3.8) is 0 Å². The van der Waals surface area contributed by atoms with Crippen LogP contribution in [0.4, 0.5) is 0 Å². The number of aliphatic hydroxyl groups is 1. The van der Waals surface area contributed by atoms with Crippen molar-refractivity contribution in [1.29, 1.82) is 0 Å². The van der Waals surface area contributed by atoms with Crippen LogP contribution in [0.15, 0.2) is 0 Å². The van der Waals surface area contributed by atoms with Crippen molar-refractivity contribution in [2.24, 2.45) is 0 Å². The third-order valence-electron chi connectivity index (χ3n) is 0.487. The molecule has 0 saturated carbocycles. The number of hydrogen-bond acceptors (Lipinski definition) is 1. The van der Waals surface area contributed by atoms with Gasteiger partial charge in [-0.15, -0.1) is 0 Å². The molecule has 0 unspecified atom stereocenters. The van der Waals surface area contributed by atoms with Gasteiger partial charge in [-0.05, 0) is 0 Å². The van der Waals surface area contributed by atoms with Crippen LogP contribution in [0.2, 0.25) is 0 Å². The Morgan fingerprint density at radius 1 is 1.83 bits per heavy atom. The van der Waals surface area contributed by atoms with Crippen LogP contribution >= 0.6 is 0 Å². The number of rotatable bonds is 2. The first-order chi connectivity index (χ1) is 2.77.